The molecule has 2 N–H and O–H groups in total. The standard InChI is InChI=1S/C15H25N3O2/c1-6-18(7-2)9-8-16-15(20)14-10(3)13(12(5)19)11(4)17-14/h17H,6-9H2,1-5H3,(H,16,20). The van der Waals surface area contributed by atoms with Crippen LogP contribution in [0.5, 0.6) is 0 Å². The summed E-state index contributed by atoms with van der Waals surface area (Å²) in [6, 6.07) is 0. The molecule has 0 saturated heterocycles. The van der Waals surface area contributed by atoms with Crippen LogP contribution in [0.15, 0.2) is 0 Å². The van der Waals surface area contributed by atoms with Gasteiger partial charge in [0, 0.05) is 24.3 Å². The smallest absolute Gasteiger partial charge is 0.268 e. The highest BCUT2D eigenvalue weighted by molar-refractivity contribution is 6.02. The van der Waals surface area contributed by atoms with Gasteiger partial charge in [-0.25, -0.2) is 0 Å². The maximum Gasteiger partial charge on any atom is 0.268 e. The number of H-pyrrole nitrogens is 1. The van der Waals surface area contributed by atoms with Crippen LogP contribution >= 0.6 is 0 Å². The van der Waals surface area contributed by atoms with Gasteiger partial charge in [0.2, 0.25) is 0 Å². The fourth-order valence-corrected chi connectivity index (χ4v) is 2.46. The second-order valence-electron chi connectivity index (χ2n) is 4.96. The van der Waals surface area contributed by atoms with E-state index in [-0.39, 0.29) is 11.7 Å². The average Bonchev–Trinajstić information content (AvgIpc) is 2.70. The van der Waals surface area contributed by atoms with Crippen molar-refractivity contribution in [3.63, 3.8) is 0 Å². The van der Waals surface area contributed by atoms with Gasteiger partial charge in [-0.2, -0.15) is 0 Å². The summed E-state index contributed by atoms with van der Waals surface area (Å²) in [5.41, 5.74) is 2.60. The molecule has 0 spiro atoms. The van der Waals surface area contributed by atoms with Crippen LogP contribution in [0.4, 0.5) is 0 Å². The molecule has 1 rings (SSSR count). The van der Waals surface area contributed by atoms with Crippen molar-refractivity contribution in [1.29, 1.82) is 0 Å². The van der Waals surface area contributed by atoms with Gasteiger partial charge in [0.05, 0.1) is 0 Å². The Labute approximate surface area is 120 Å². The number of Topliss-reactive ketones (excluding diaryl/α,β-unsaturated/α-hetero) is 1. The van der Waals surface area contributed by atoms with E-state index >= 15 is 0 Å². The van der Waals surface area contributed by atoms with Crippen LogP contribution in [0.1, 0.15) is 52.9 Å². The number of carbonyl (C=O) groups excluding carboxylic acids is 2. The van der Waals surface area contributed by atoms with Gasteiger partial charge < -0.3 is 15.2 Å². The number of aromatic nitrogens is 1. The van der Waals surface area contributed by atoms with Crippen molar-refractivity contribution in [3.8, 4) is 0 Å². The highest BCUT2D eigenvalue weighted by Crippen LogP contribution is 2.18. The third-order valence-corrected chi connectivity index (χ3v) is 3.62. The number of ketones is 1. The van der Waals surface area contributed by atoms with Crippen molar-refractivity contribution in [2.24, 2.45) is 0 Å². The first kappa shape index (κ1) is 16.4. The van der Waals surface area contributed by atoms with Gasteiger partial charge in [0.1, 0.15) is 5.69 Å². The highest BCUT2D eigenvalue weighted by atomic mass is 16.2. The Bertz CT molecular complexity index is 488. The maximum absolute atomic E-state index is 12.1. The molecule has 0 unspecified atom stereocenters. The zero-order valence-corrected chi connectivity index (χ0v) is 13.1. The Balaban J connectivity index is 2.69. The van der Waals surface area contributed by atoms with Crippen LogP contribution < -0.4 is 5.32 Å². The van der Waals surface area contributed by atoms with Crippen molar-refractivity contribution < 1.29 is 9.59 Å². The third-order valence-electron chi connectivity index (χ3n) is 3.62. The number of nitrogens with zero attached hydrogens (tertiary/aromatic N) is 1. The molecule has 1 amide bonds. The summed E-state index contributed by atoms with van der Waals surface area (Å²) in [5.74, 6) is -0.163. The fraction of sp³-hybridized carbons (Fsp3) is 0.600. The van der Waals surface area contributed by atoms with Gasteiger partial charge in [0.25, 0.3) is 5.91 Å². The van der Waals surface area contributed by atoms with Crippen LogP contribution in [-0.2, 0) is 0 Å². The van der Waals surface area contributed by atoms with Gasteiger partial charge in [-0.3, -0.25) is 9.59 Å². The molecule has 0 atom stereocenters. The summed E-state index contributed by atoms with van der Waals surface area (Å²) < 4.78 is 0. The lowest BCUT2D eigenvalue weighted by atomic mass is 10.1. The van der Waals surface area contributed by atoms with Crippen LogP contribution in [0.3, 0.4) is 0 Å². The average molecular weight is 279 g/mol. The van der Waals surface area contributed by atoms with Gasteiger partial charge in [-0.15, -0.1) is 0 Å². The molecule has 0 aliphatic heterocycles. The van der Waals surface area contributed by atoms with E-state index < -0.39 is 0 Å². The molecule has 0 bridgehead atoms. The van der Waals surface area contributed by atoms with E-state index in [1.165, 1.54) is 6.92 Å². The van der Waals surface area contributed by atoms with Crippen LogP contribution in [0.2, 0.25) is 0 Å². The molecule has 0 aromatic carbocycles. The van der Waals surface area contributed by atoms with E-state index in [1.54, 1.807) is 6.92 Å². The molecule has 0 aliphatic rings. The highest BCUT2D eigenvalue weighted by Gasteiger charge is 2.19. The second kappa shape index (κ2) is 7.24. The first-order chi connectivity index (χ1) is 9.42. The molecule has 1 aromatic rings. The van der Waals surface area contributed by atoms with Gasteiger partial charge in [-0.1, -0.05) is 13.8 Å². The molecular weight excluding hydrogens is 254 g/mol. The number of rotatable bonds is 7. The van der Waals surface area contributed by atoms with Crippen LogP contribution in [-0.4, -0.2) is 47.8 Å². The number of amides is 1. The lowest BCUT2D eigenvalue weighted by Gasteiger charge is -2.17. The maximum atomic E-state index is 12.1. The molecule has 112 valence electrons. The molecule has 1 aromatic heterocycles. The van der Waals surface area contributed by atoms with Crippen molar-refractivity contribution in [3.05, 3.63) is 22.5 Å². The Morgan fingerprint density at radius 3 is 2.25 bits per heavy atom. The second-order valence-corrected chi connectivity index (χ2v) is 4.96. The predicted octanol–water partition coefficient (Wildman–Crippen LogP) is 1.91. The first-order valence-corrected chi connectivity index (χ1v) is 7.12. The van der Waals surface area contributed by atoms with E-state index in [2.05, 4.69) is 29.0 Å². The molecule has 1 heterocycles. The fourth-order valence-electron chi connectivity index (χ4n) is 2.46. The minimum atomic E-state index is -0.148. The Hall–Kier alpha value is -1.62. The molecule has 5 nitrogen and oxygen atoms in total. The Morgan fingerprint density at radius 1 is 1.20 bits per heavy atom. The zero-order valence-electron chi connectivity index (χ0n) is 13.1. The summed E-state index contributed by atoms with van der Waals surface area (Å²) in [7, 11) is 0. The summed E-state index contributed by atoms with van der Waals surface area (Å²) in [5, 5.41) is 2.90. The minimum absolute atomic E-state index is 0.0153. The van der Waals surface area contributed by atoms with Crippen molar-refractivity contribution in [1.82, 2.24) is 15.2 Å². The molecule has 0 fully saturated rings. The summed E-state index contributed by atoms with van der Waals surface area (Å²) in [6.07, 6.45) is 0. The summed E-state index contributed by atoms with van der Waals surface area (Å²) in [4.78, 5) is 28.9. The molecule has 0 saturated carbocycles. The van der Waals surface area contributed by atoms with Crippen molar-refractivity contribution in [2.45, 2.75) is 34.6 Å². The van der Waals surface area contributed by atoms with Crippen LogP contribution in [0, 0.1) is 13.8 Å². The quantitative estimate of drug-likeness (QED) is 0.749. The van der Waals surface area contributed by atoms with E-state index in [0.717, 1.165) is 30.9 Å². The number of aromatic amines is 1. The minimum Gasteiger partial charge on any atom is -0.354 e. The van der Waals surface area contributed by atoms with E-state index in [4.69, 9.17) is 0 Å². The predicted molar refractivity (Wildman–Crippen MR) is 80.4 cm³/mol. The van der Waals surface area contributed by atoms with Crippen LogP contribution in [0.25, 0.3) is 0 Å². The number of carbonyl (C=O) groups is 2. The largest absolute Gasteiger partial charge is 0.354 e. The van der Waals surface area contributed by atoms with E-state index in [9.17, 15) is 9.59 Å². The summed E-state index contributed by atoms with van der Waals surface area (Å²) in [6.45, 7) is 12.7. The number of aryl methyl sites for hydroxylation is 1. The Morgan fingerprint density at radius 2 is 1.80 bits per heavy atom. The SMILES string of the molecule is CCN(CC)CCNC(=O)c1[nH]c(C)c(C(C)=O)c1C. The summed E-state index contributed by atoms with van der Waals surface area (Å²) >= 11 is 0. The van der Waals surface area contributed by atoms with Gasteiger partial charge in [-0.05, 0) is 39.4 Å². The van der Waals surface area contributed by atoms with E-state index in [1.807, 2.05) is 6.92 Å². The molecule has 5 heteroatoms. The molecular formula is C15H25N3O2. The van der Waals surface area contributed by atoms with Crippen molar-refractivity contribution >= 4 is 11.7 Å². The zero-order chi connectivity index (χ0) is 15.3. The number of nitrogens with one attached hydrogen (secondary N) is 2. The topological polar surface area (TPSA) is 65.2 Å². The molecule has 0 radical (unpaired) electrons. The molecule has 0 aliphatic carbocycles. The van der Waals surface area contributed by atoms with Gasteiger partial charge in [0.15, 0.2) is 5.78 Å². The number of hydrogen-bond donors (Lipinski definition) is 2. The van der Waals surface area contributed by atoms with Gasteiger partial charge >= 0.3 is 0 Å². The Kier molecular flexibility index (Phi) is 5.95. The lowest BCUT2D eigenvalue weighted by Crippen LogP contribution is -2.35. The van der Waals surface area contributed by atoms with E-state index in [0.29, 0.717) is 17.8 Å². The first-order valence-electron chi connectivity index (χ1n) is 7.12. The monoisotopic (exact) mass is 279 g/mol. The van der Waals surface area contributed by atoms with Crippen molar-refractivity contribution in [2.75, 3.05) is 26.2 Å². The number of hydrogen-bond acceptors (Lipinski definition) is 3. The molecule has 20 heavy (non-hydrogen) atoms. The number of likely N-dealkylation sites (N-methyl/N-ethyl adjacent to an activating group) is 1. The third kappa shape index (κ3) is 3.70. The lowest BCUT2D eigenvalue weighted by molar-refractivity contribution is 0.0943. The normalized spacial score (nSPS) is 10.9.